The Bertz CT molecular complexity index is 1420. The molecule has 0 aliphatic carbocycles. The smallest absolute Gasteiger partial charge is 0.339 e. The highest BCUT2D eigenvalue weighted by Gasteiger charge is 2.16. The predicted molar refractivity (Wildman–Crippen MR) is 120 cm³/mol. The maximum atomic E-state index is 13.0. The first-order valence-electron chi connectivity index (χ1n) is 9.82. The highest BCUT2D eigenvalue weighted by molar-refractivity contribution is 6.04. The molecule has 0 aliphatic rings. The van der Waals surface area contributed by atoms with Gasteiger partial charge in [-0.05, 0) is 24.3 Å². The zero-order valence-corrected chi connectivity index (χ0v) is 16.5. The molecule has 2 aromatic heterocycles. The monoisotopic (exact) mass is 406 g/mol. The number of para-hydroxylation sites is 2. The van der Waals surface area contributed by atoms with Crippen molar-refractivity contribution in [3.8, 4) is 11.3 Å². The van der Waals surface area contributed by atoms with Crippen LogP contribution in [0.15, 0.2) is 84.9 Å². The van der Waals surface area contributed by atoms with Crippen LogP contribution >= 0.6 is 0 Å². The Morgan fingerprint density at radius 3 is 2.19 bits per heavy atom. The van der Waals surface area contributed by atoms with Crippen molar-refractivity contribution in [2.45, 2.75) is 6.61 Å². The molecule has 2 N–H and O–H groups in total. The van der Waals surface area contributed by atoms with Crippen molar-refractivity contribution in [1.82, 2.24) is 15.0 Å². The molecule has 0 saturated carbocycles. The molecular formula is C25H18N4O2. The molecule has 3 aromatic carbocycles. The van der Waals surface area contributed by atoms with Gasteiger partial charge in [0.05, 0.1) is 22.3 Å². The minimum atomic E-state index is -0.467. The lowest BCUT2D eigenvalue weighted by molar-refractivity contribution is 0.0465. The third-order valence-corrected chi connectivity index (χ3v) is 5.02. The number of aromatic nitrogens is 3. The van der Waals surface area contributed by atoms with Crippen molar-refractivity contribution in [1.29, 1.82) is 0 Å². The number of esters is 1. The first-order chi connectivity index (χ1) is 15.2. The highest BCUT2D eigenvalue weighted by atomic mass is 16.5. The molecule has 0 aliphatic heterocycles. The van der Waals surface area contributed by atoms with Crippen LogP contribution in [0.1, 0.15) is 16.2 Å². The summed E-state index contributed by atoms with van der Waals surface area (Å²) in [4.78, 5) is 26.5. The molecule has 0 atom stereocenters. The van der Waals surface area contributed by atoms with Gasteiger partial charge in [0.15, 0.2) is 12.4 Å². The van der Waals surface area contributed by atoms with Crippen molar-refractivity contribution < 1.29 is 9.53 Å². The molecule has 31 heavy (non-hydrogen) atoms. The molecule has 0 fully saturated rings. The van der Waals surface area contributed by atoms with Gasteiger partial charge in [0.1, 0.15) is 5.82 Å². The second-order valence-electron chi connectivity index (χ2n) is 7.06. The van der Waals surface area contributed by atoms with Crippen molar-refractivity contribution in [2.75, 3.05) is 5.73 Å². The van der Waals surface area contributed by atoms with Gasteiger partial charge in [0.25, 0.3) is 0 Å². The van der Waals surface area contributed by atoms with E-state index in [9.17, 15) is 4.79 Å². The maximum Gasteiger partial charge on any atom is 0.339 e. The second-order valence-corrected chi connectivity index (χ2v) is 7.06. The Kier molecular flexibility index (Phi) is 4.72. The number of anilines is 1. The number of nitrogens with two attached hydrogens (primary N) is 1. The fourth-order valence-electron chi connectivity index (χ4n) is 3.52. The van der Waals surface area contributed by atoms with Crippen LogP contribution in [0.3, 0.4) is 0 Å². The molecule has 150 valence electrons. The fourth-order valence-corrected chi connectivity index (χ4v) is 3.52. The van der Waals surface area contributed by atoms with E-state index in [1.54, 1.807) is 6.07 Å². The molecular weight excluding hydrogens is 388 g/mol. The van der Waals surface area contributed by atoms with Gasteiger partial charge in [-0.25, -0.2) is 19.7 Å². The van der Waals surface area contributed by atoms with Gasteiger partial charge in [0, 0.05) is 16.3 Å². The lowest BCUT2D eigenvalue weighted by atomic mass is 10.0. The van der Waals surface area contributed by atoms with Gasteiger partial charge < -0.3 is 10.5 Å². The number of benzene rings is 3. The number of carbonyl (C=O) groups is 1. The van der Waals surface area contributed by atoms with Crippen molar-refractivity contribution in [2.24, 2.45) is 0 Å². The van der Waals surface area contributed by atoms with Crippen molar-refractivity contribution >= 4 is 33.6 Å². The average molecular weight is 406 g/mol. The van der Waals surface area contributed by atoms with Crippen molar-refractivity contribution in [3.63, 3.8) is 0 Å². The SMILES string of the molecule is Nc1nc(COC(=O)c2cc(-c3ccccc3)nc3ccccc23)nc2ccccc12. The fraction of sp³-hybridized carbons (Fsp3) is 0.0400. The summed E-state index contributed by atoms with van der Waals surface area (Å²) in [5.74, 6) is 0.245. The average Bonchev–Trinajstić information content (AvgIpc) is 2.82. The molecule has 0 unspecified atom stereocenters. The molecule has 2 heterocycles. The molecule has 6 heteroatoms. The van der Waals surface area contributed by atoms with Gasteiger partial charge in [-0.15, -0.1) is 0 Å². The largest absolute Gasteiger partial charge is 0.454 e. The summed E-state index contributed by atoms with van der Waals surface area (Å²) in [6, 6.07) is 26.4. The van der Waals surface area contributed by atoms with E-state index in [1.165, 1.54) is 0 Å². The Hall–Kier alpha value is -4.32. The van der Waals surface area contributed by atoms with Crippen LogP contribution < -0.4 is 5.73 Å². The van der Waals surface area contributed by atoms with E-state index in [0.29, 0.717) is 28.4 Å². The summed E-state index contributed by atoms with van der Waals surface area (Å²) in [7, 11) is 0. The third kappa shape index (κ3) is 3.67. The van der Waals surface area contributed by atoms with E-state index in [2.05, 4.69) is 9.97 Å². The number of nitrogens with zero attached hydrogens (tertiary/aromatic N) is 3. The van der Waals surface area contributed by atoms with Crippen LogP contribution in [0, 0.1) is 0 Å². The number of carbonyl (C=O) groups excluding carboxylic acids is 1. The van der Waals surface area contributed by atoms with Gasteiger partial charge in [-0.1, -0.05) is 60.7 Å². The zero-order valence-electron chi connectivity index (χ0n) is 16.5. The first kappa shape index (κ1) is 18.7. The quantitative estimate of drug-likeness (QED) is 0.432. The summed E-state index contributed by atoms with van der Waals surface area (Å²) < 4.78 is 5.57. The summed E-state index contributed by atoms with van der Waals surface area (Å²) in [5.41, 5.74) is 9.54. The van der Waals surface area contributed by atoms with E-state index in [0.717, 1.165) is 21.9 Å². The third-order valence-electron chi connectivity index (χ3n) is 5.02. The van der Waals surface area contributed by atoms with Crippen LogP contribution in [0.2, 0.25) is 0 Å². The number of ether oxygens (including phenoxy) is 1. The number of nitrogen functional groups attached to an aromatic ring is 1. The number of pyridine rings is 1. The van der Waals surface area contributed by atoms with Gasteiger partial charge in [0.2, 0.25) is 0 Å². The topological polar surface area (TPSA) is 91.0 Å². The highest BCUT2D eigenvalue weighted by Crippen LogP contribution is 2.25. The van der Waals surface area contributed by atoms with E-state index in [4.69, 9.17) is 15.5 Å². The van der Waals surface area contributed by atoms with Gasteiger partial charge in [-0.2, -0.15) is 0 Å². The van der Waals surface area contributed by atoms with Gasteiger partial charge in [-0.3, -0.25) is 0 Å². The normalized spacial score (nSPS) is 11.0. The Labute approximate surface area is 178 Å². The summed E-state index contributed by atoms with van der Waals surface area (Å²) >= 11 is 0. The minimum Gasteiger partial charge on any atom is -0.454 e. The molecule has 0 spiro atoms. The lowest BCUT2D eigenvalue weighted by Crippen LogP contribution is -2.10. The number of rotatable bonds is 4. The number of hydrogen-bond acceptors (Lipinski definition) is 6. The Morgan fingerprint density at radius 2 is 1.42 bits per heavy atom. The van der Waals surface area contributed by atoms with E-state index in [-0.39, 0.29) is 6.61 Å². The van der Waals surface area contributed by atoms with E-state index < -0.39 is 5.97 Å². The minimum absolute atomic E-state index is 0.0782. The molecule has 0 bridgehead atoms. The molecule has 0 amide bonds. The predicted octanol–water partition coefficient (Wildman–Crippen LogP) is 4.78. The van der Waals surface area contributed by atoms with E-state index >= 15 is 0 Å². The van der Waals surface area contributed by atoms with Crippen molar-refractivity contribution in [3.05, 3.63) is 96.3 Å². The second kappa shape index (κ2) is 7.84. The molecule has 5 aromatic rings. The summed E-state index contributed by atoms with van der Waals surface area (Å²) in [6.07, 6.45) is 0. The number of hydrogen-bond donors (Lipinski definition) is 1. The molecule has 6 nitrogen and oxygen atoms in total. The zero-order chi connectivity index (χ0) is 21.2. The maximum absolute atomic E-state index is 13.0. The molecule has 5 rings (SSSR count). The summed E-state index contributed by atoms with van der Waals surface area (Å²) in [6.45, 7) is -0.0782. The van der Waals surface area contributed by atoms with Crippen LogP contribution in [-0.2, 0) is 11.3 Å². The number of fused-ring (bicyclic) bond motifs is 2. The summed E-state index contributed by atoms with van der Waals surface area (Å²) in [5, 5.41) is 1.50. The molecule has 0 saturated heterocycles. The van der Waals surface area contributed by atoms with Crippen LogP contribution in [-0.4, -0.2) is 20.9 Å². The van der Waals surface area contributed by atoms with Crippen LogP contribution in [0.4, 0.5) is 5.82 Å². The first-order valence-corrected chi connectivity index (χ1v) is 9.82. The van der Waals surface area contributed by atoms with Crippen LogP contribution in [0.5, 0.6) is 0 Å². The molecule has 0 radical (unpaired) electrons. The lowest BCUT2D eigenvalue weighted by Gasteiger charge is -2.10. The van der Waals surface area contributed by atoms with Gasteiger partial charge >= 0.3 is 5.97 Å². The van der Waals surface area contributed by atoms with E-state index in [1.807, 2.05) is 78.9 Å². The Balaban J connectivity index is 1.48. The standard InChI is InChI=1S/C25H18N4O2/c26-24-18-11-5-7-13-21(18)28-23(29-24)15-31-25(30)19-14-22(16-8-2-1-3-9-16)27-20-12-6-4-10-17(19)20/h1-14H,15H2,(H2,26,28,29). The van der Waals surface area contributed by atoms with Crippen LogP contribution in [0.25, 0.3) is 33.1 Å². The Morgan fingerprint density at radius 1 is 0.774 bits per heavy atom.